The minimum Gasteiger partial charge on any atom is -0.389 e. The van der Waals surface area contributed by atoms with Crippen LogP contribution in [0.5, 0.6) is 0 Å². The Morgan fingerprint density at radius 2 is 1.95 bits per heavy atom. The predicted octanol–water partition coefficient (Wildman–Crippen LogP) is 2.91. The maximum Gasteiger partial charge on any atom is 0.273 e. The third-order valence-electron chi connectivity index (χ3n) is 3.04. The number of nitrogens with two attached hydrogens (primary N) is 1. The van der Waals surface area contributed by atoms with Gasteiger partial charge in [0.05, 0.1) is 10.6 Å². The molecule has 0 atom stereocenters. The van der Waals surface area contributed by atoms with Crippen LogP contribution in [0.15, 0.2) is 40.6 Å². The summed E-state index contributed by atoms with van der Waals surface area (Å²) in [6, 6.07) is 10.6. The summed E-state index contributed by atoms with van der Waals surface area (Å²) in [5.41, 5.74) is 7.14. The molecule has 1 heterocycles. The summed E-state index contributed by atoms with van der Waals surface area (Å²) in [7, 11) is -3.60. The molecule has 1 aromatic carbocycles. The van der Waals surface area contributed by atoms with Crippen LogP contribution >= 0.6 is 23.6 Å². The number of thiophene rings is 1. The first-order valence-corrected chi connectivity index (χ1v) is 9.02. The fourth-order valence-corrected chi connectivity index (χ4v) is 5.02. The lowest BCUT2D eigenvalue weighted by Crippen LogP contribution is -2.30. The molecule has 7 heteroatoms. The van der Waals surface area contributed by atoms with Crippen LogP contribution in [0, 0.1) is 6.92 Å². The zero-order chi connectivity index (χ0) is 15.6. The van der Waals surface area contributed by atoms with Crippen LogP contribution in [0.4, 0.5) is 5.69 Å². The number of benzene rings is 1. The average Bonchev–Trinajstić information content (AvgIpc) is 2.92. The normalized spacial score (nSPS) is 11.3. The summed E-state index contributed by atoms with van der Waals surface area (Å²) in [5.74, 6) is 0. The molecule has 0 fully saturated rings. The summed E-state index contributed by atoms with van der Waals surface area (Å²) >= 11 is 5.98. The van der Waals surface area contributed by atoms with Crippen LogP contribution in [0.1, 0.15) is 17.4 Å². The number of sulfonamides is 1. The number of aryl methyl sites for hydroxylation is 1. The van der Waals surface area contributed by atoms with Crippen molar-refractivity contribution in [3.63, 3.8) is 0 Å². The maximum absolute atomic E-state index is 12.8. The number of para-hydroxylation sites is 1. The van der Waals surface area contributed by atoms with Gasteiger partial charge < -0.3 is 5.73 Å². The second-order valence-electron chi connectivity index (χ2n) is 4.44. The summed E-state index contributed by atoms with van der Waals surface area (Å²) < 4.78 is 27.3. The molecule has 0 spiro atoms. The molecule has 2 rings (SSSR count). The fraction of sp³-hybridized carbons (Fsp3) is 0.214. The van der Waals surface area contributed by atoms with Gasteiger partial charge in [0.1, 0.15) is 9.20 Å². The smallest absolute Gasteiger partial charge is 0.273 e. The lowest BCUT2D eigenvalue weighted by Gasteiger charge is -2.23. The number of hydrogen-bond acceptors (Lipinski definition) is 4. The van der Waals surface area contributed by atoms with Gasteiger partial charge in [-0.3, -0.25) is 4.31 Å². The molecule has 4 nitrogen and oxygen atoms in total. The number of rotatable bonds is 5. The van der Waals surface area contributed by atoms with Crippen molar-refractivity contribution in [2.45, 2.75) is 18.1 Å². The SMILES string of the molecule is CCN(c1ccccc1C)S(=O)(=O)c1ccc(C(N)=S)s1. The number of thiocarbonyl (C=S) groups is 1. The molecule has 0 aliphatic rings. The van der Waals surface area contributed by atoms with Crippen LogP contribution < -0.4 is 10.0 Å². The van der Waals surface area contributed by atoms with Gasteiger partial charge >= 0.3 is 0 Å². The minimum absolute atomic E-state index is 0.209. The van der Waals surface area contributed by atoms with Gasteiger partial charge in [0.15, 0.2) is 0 Å². The average molecular weight is 340 g/mol. The van der Waals surface area contributed by atoms with Crippen molar-refractivity contribution in [3.05, 3.63) is 46.8 Å². The van der Waals surface area contributed by atoms with Crippen LogP contribution in [0.2, 0.25) is 0 Å². The van der Waals surface area contributed by atoms with Gasteiger partial charge in [-0.15, -0.1) is 11.3 Å². The van der Waals surface area contributed by atoms with Crippen molar-refractivity contribution in [1.82, 2.24) is 0 Å². The highest BCUT2D eigenvalue weighted by Gasteiger charge is 2.26. The highest BCUT2D eigenvalue weighted by Crippen LogP contribution is 2.30. The molecule has 0 saturated heterocycles. The molecular weight excluding hydrogens is 324 g/mol. The third kappa shape index (κ3) is 3.09. The second kappa shape index (κ2) is 6.13. The molecule has 0 bridgehead atoms. The molecular formula is C14H16N2O2S3. The van der Waals surface area contributed by atoms with E-state index in [-0.39, 0.29) is 9.20 Å². The van der Waals surface area contributed by atoms with Gasteiger partial charge in [0.2, 0.25) is 0 Å². The summed E-state index contributed by atoms with van der Waals surface area (Å²) in [4.78, 5) is 0.810. The van der Waals surface area contributed by atoms with Gasteiger partial charge in [-0.1, -0.05) is 30.4 Å². The second-order valence-corrected chi connectivity index (χ2v) is 8.05. The Morgan fingerprint density at radius 3 is 2.48 bits per heavy atom. The Hall–Kier alpha value is -1.44. The monoisotopic (exact) mass is 340 g/mol. The first-order chi connectivity index (χ1) is 9.87. The van der Waals surface area contributed by atoms with Crippen molar-refractivity contribution in [3.8, 4) is 0 Å². The minimum atomic E-state index is -3.60. The van der Waals surface area contributed by atoms with E-state index in [2.05, 4.69) is 0 Å². The highest BCUT2D eigenvalue weighted by molar-refractivity contribution is 7.94. The van der Waals surface area contributed by atoms with Gasteiger partial charge in [0, 0.05) is 6.54 Å². The standard InChI is InChI=1S/C14H16N2O2S3/c1-3-16(11-7-5-4-6-10(11)2)21(17,18)13-9-8-12(20-13)14(15)19/h4-9H,3H2,1-2H3,(H2,15,19). The summed E-state index contributed by atoms with van der Waals surface area (Å²) in [5, 5.41) is 0. The molecule has 0 radical (unpaired) electrons. The molecule has 112 valence electrons. The van der Waals surface area contributed by atoms with E-state index >= 15 is 0 Å². The van der Waals surface area contributed by atoms with Crippen molar-refractivity contribution >= 4 is 44.3 Å². The number of nitrogens with zero attached hydrogens (tertiary/aromatic N) is 1. The van der Waals surface area contributed by atoms with E-state index in [1.165, 1.54) is 4.31 Å². The summed E-state index contributed by atoms with van der Waals surface area (Å²) in [6.07, 6.45) is 0. The van der Waals surface area contributed by atoms with Crippen molar-refractivity contribution in [2.75, 3.05) is 10.8 Å². The lowest BCUT2D eigenvalue weighted by atomic mass is 10.2. The van der Waals surface area contributed by atoms with Crippen molar-refractivity contribution in [1.29, 1.82) is 0 Å². The van der Waals surface area contributed by atoms with E-state index in [1.54, 1.807) is 18.2 Å². The van der Waals surface area contributed by atoms with Gasteiger partial charge in [-0.25, -0.2) is 8.42 Å². The molecule has 0 amide bonds. The van der Waals surface area contributed by atoms with Gasteiger partial charge in [-0.05, 0) is 37.6 Å². The zero-order valence-corrected chi connectivity index (χ0v) is 14.2. The van der Waals surface area contributed by atoms with Gasteiger partial charge in [0.25, 0.3) is 10.0 Å². The van der Waals surface area contributed by atoms with Crippen molar-refractivity contribution < 1.29 is 8.42 Å². The molecule has 21 heavy (non-hydrogen) atoms. The number of anilines is 1. The topological polar surface area (TPSA) is 63.4 Å². The Kier molecular flexibility index (Phi) is 4.65. The molecule has 0 unspecified atom stereocenters. The zero-order valence-electron chi connectivity index (χ0n) is 11.7. The third-order valence-corrected chi connectivity index (χ3v) is 6.86. The van der Waals surface area contributed by atoms with Gasteiger partial charge in [-0.2, -0.15) is 0 Å². The van der Waals surface area contributed by atoms with E-state index in [0.717, 1.165) is 16.9 Å². The Balaban J connectivity index is 2.49. The van der Waals surface area contributed by atoms with E-state index in [4.69, 9.17) is 18.0 Å². The van der Waals surface area contributed by atoms with Crippen LogP contribution in [-0.4, -0.2) is 20.0 Å². The highest BCUT2D eigenvalue weighted by atomic mass is 32.2. The quantitative estimate of drug-likeness (QED) is 0.850. The van der Waals surface area contributed by atoms with Crippen molar-refractivity contribution in [2.24, 2.45) is 5.73 Å². The largest absolute Gasteiger partial charge is 0.389 e. The lowest BCUT2D eigenvalue weighted by molar-refractivity contribution is 0.594. The molecule has 1 aromatic heterocycles. The van der Waals surface area contributed by atoms with E-state index in [9.17, 15) is 8.42 Å². The molecule has 0 aliphatic heterocycles. The molecule has 2 N–H and O–H groups in total. The van der Waals surface area contributed by atoms with E-state index in [1.807, 2.05) is 32.0 Å². The Bertz CT molecular complexity index is 766. The summed E-state index contributed by atoms with van der Waals surface area (Å²) in [6.45, 7) is 4.06. The number of hydrogen-bond donors (Lipinski definition) is 1. The van der Waals surface area contributed by atoms with Crippen LogP contribution in [0.3, 0.4) is 0 Å². The Morgan fingerprint density at radius 1 is 1.29 bits per heavy atom. The van der Waals surface area contributed by atoms with Crippen LogP contribution in [-0.2, 0) is 10.0 Å². The molecule has 0 saturated carbocycles. The van der Waals surface area contributed by atoms with Crippen LogP contribution in [0.25, 0.3) is 0 Å². The fourth-order valence-electron chi connectivity index (χ4n) is 2.01. The maximum atomic E-state index is 12.8. The van der Waals surface area contributed by atoms with E-state index < -0.39 is 10.0 Å². The molecule has 2 aromatic rings. The first kappa shape index (κ1) is 15.9. The Labute approximate surface area is 134 Å². The predicted molar refractivity (Wildman–Crippen MR) is 91.6 cm³/mol. The first-order valence-electron chi connectivity index (χ1n) is 6.36. The van der Waals surface area contributed by atoms with E-state index in [0.29, 0.717) is 17.1 Å². The molecule has 0 aliphatic carbocycles.